The number of hydrogen-bond donors (Lipinski definition) is 0. The molecule has 27 heavy (non-hydrogen) atoms. The molecule has 2 atom stereocenters. The van der Waals surface area contributed by atoms with Crippen LogP contribution in [0.25, 0.3) is 23.3 Å². The molecule has 2 unspecified atom stereocenters. The van der Waals surface area contributed by atoms with E-state index in [2.05, 4.69) is 78.9 Å². The van der Waals surface area contributed by atoms with Crippen molar-refractivity contribution >= 4 is 17.9 Å². The van der Waals surface area contributed by atoms with Crippen molar-refractivity contribution in [1.29, 1.82) is 0 Å². The van der Waals surface area contributed by atoms with Crippen molar-refractivity contribution in [3.63, 3.8) is 0 Å². The van der Waals surface area contributed by atoms with Crippen molar-refractivity contribution in [3.05, 3.63) is 93.9 Å². The van der Waals surface area contributed by atoms with Crippen molar-refractivity contribution in [2.24, 2.45) is 0 Å². The topological polar surface area (TPSA) is 17.1 Å². The summed E-state index contributed by atoms with van der Waals surface area (Å²) in [4.78, 5) is 12.5. The van der Waals surface area contributed by atoms with Crippen LogP contribution < -0.4 is 10.4 Å². The van der Waals surface area contributed by atoms with Gasteiger partial charge in [-0.2, -0.15) is 0 Å². The third-order valence-electron chi connectivity index (χ3n) is 6.11. The highest BCUT2D eigenvalue weighted by molar-refractivity contribution is 5.85. The first kappa shape index (κ1) is 16.3. The maximum Gasteiger partial charge on any atom is 0.137 e. The van der Waals surface area contributed by atoms with E-state index < -0.39 is 0 Å². The SMILES string of the molecule is CC(=O)C1CC(c2ccccc2)C=c2c1ccc1c2=CCc2ccccc2-1. The summed E-state index contributed by atoms with van der Waals surface area (Å²) in [5, 5.41) is 2.57. The van der Waals surface area contributed by atoms with Crippen LogP contribution in [0.15, 0.2) is 66.7 Å². The molecular weight excluding hydrogens is 328 g/mol. The molecule has 0 fully saturated rings. The average molecular weight is 350 g/mol. The Kier molecular flexibility index (Phi) is 3.82. The molecule has 0 N–H and O–H groups in total. The van der Waals surface area contributed by atoms with Gasteiger partial charge in [0.25, 0.3) is 0 Å². The number of hydrogen-bond acceptors (Lipinski definition) is 1. The van der Waals surface area contributed by atoms with Gasteiger partial charge in [-0.3, -0.25) is 4.79 Å². The van der Waals surface area contributed by atoms with E-state index >= 15 is 0 Å². The largest absolute Gasteiger partial charge is 0.299 e. The highest BCUT2D eigenvalue weighted by Gasteiger charge is 2.28. The van der Waals surface area contributed by atoms with Gasteiger partial charge >= 0.3 is 0 Å². The first-order valence-corrected chi connectivity index (χ1v) is 9.71. The summed E-state index contributed by atoms with van der Waals surface area (Å²) in [6.45, 7) is 1.74. The lowest BCUT2D eigenvalue weighted by Gasteiger charge is -2.27. The van der Waals surface area contributed by atoms with Crippen LogP contribution in [-0.4, -0.2) is 5.78 Å². The van der Waals surface area contributed by atoms with Crippen LogP contribution in [0.5, 0.6) is 0 Å². The van der Waals surface area contributed by atoms with Gasteiger partial charge in [0.05, 0.1) is 0 Å². The Balaban J connectivity index is 1.78. The molecule has 3 aromatic carbocycles. The van der Waals surface area contributed by atoms with Gasteiger partial charge in [-0.05, 0) is 58.0 Å². The summed E-state index contributed by atoms with van der Waals surface area (Å²) >= 11 is 0. The van der Waals surface area contributed by atoms with E-state index in [9.17, 15) is 4.79 Å². The molecule has 0 amide bonds. The standard InChI is InChI=1S/C26H22O/c1-17(27)25-15-20(18-7-3-2-4-8-18)16-26-23-12-11-19-9-5-6-10-21(19)22(23)13-14-24(25)26/h2-10,12-14,16,20,25H,11,15H2,1H3. The lowest BCUT2D eigenvalue weighted by molar-refractivity contribution is -0.118. The van der Waals surface area contributed by atoms with Gasteiger partial charge in [-0.1, -0.05) is 78.9 Å². The molecule has 132 valence electrons. The minimum absolute atomic E-state index is 0.0222. The molecular formula is C26H22O. The Morgan fingerprint density at radius 2 is 1.63 bits per heavy atom. The van der Waals surface area contributed by atoms with E-state index in [1.807, 2.05) is 0 Å². The molecule has 0 spiro atoms. The number of fused-ring (bicyclic) bond motifs is 5. The Morgan fingerprint density at radius 3 is 2.44 bits per heavy atom. The number of carbonyl (C=O) groups excluding carboxylic acids is 1. The number of ketones is 1. The van der Waals surface area contributed by atoms with Gasteiger partial charge in [0, 0.05) is 11.8 Å². The van der Waals surface area contributed by atoms with Crippen LogP contribution in [0.2, 0.25) is 0 Å². The molecule has 0 heterocycles. The van der Waals surface area contributed by atoms with E-state index in [4.69, 9.17) is 0 Å². The van der Waals surface area contributed by atoms with Crippen LogP contribution in [0.3, 0.4) is 0 Å². The van der Waals surface area contributed by atoms with E-state index in [-0.39, 0.29) is 17.6 Å². The van der Waals surface area contributed by atoms with Gasteiger partial charge < -0.3 is 0 Å². The van der Waals surface area contributed by atoms with E-state index in [0.29, 0.717) is 0 Å². The molecule has 2 aliphatic rings. The molecule has 1 heteroatoms. The zero-order valence-electron chi connectivity index (χ0n) is 15.5. The summed E-state index contributed by atoms with van der Waals surface area (Å²) in [6.07, 6.45) is 6.56. The van der Waals surface area contributed by atoms with E-state index in [1.54, 1.807) is 6.92 Å². The van der Waals surface area contributed by atoms with Gasteiger partial charge in [0.1, 0.15) is 5.78 Å². The smallest absolute Gasteiger partial charge is 0.137 e. The van der Waals surface area contributed by atoms with Crippen molar-refractivity contribution in [2.75, 3.05) is 0 Å². The predicted molar refractivity (Wildman–Crippen MR) is 111 cm³/mol. The Labute approximate surface area is 159 Å². The lowest BCUT2D eigenvalue weighted by atomic mass is 9.76. The zero-order chi connectivity index (χ0) is 18.4. The molecule has 0 radical (unpaired) electrons. The lowest BCUT2D eigenvalue weighted by Crippen LogP contribution is -2.38. The molecule has 0 saturated carbocycles. The first-order valence-electron chi connectivity index (χ1n) is 9.71. The molecule has 0 aromatic heterocycles. The Morgan fingerprint density at radius 1 is 0.852 bits per heavy atom. The second-order valence-corrected chi connectivity index (χ2v) is 7.68. The molecule has 2 aliphatic carbocycles. The summed E-state index contributed by atoms with van der Waals surface area (Å²) in [6, 6.07) is 23.6. The third-order valence-corrected chi connectivity index (χ3v) is 6.11. The summed E-state index contributed by atoms with van der Waals surface area (Å²) in [5.74, 6) is 0.525. The number of carbonyl (C=O) groups is 1. The normalized spacial score (nSPS) is 19.7. The summed E-state index contributed by atoms with van der Waals surface area (Å²) in [5.41, 5.74) is 6.49. The highest BCUT2D eigenvalue weighted by atomic mass is 16.1. The molecule has 0 saturated heterocycles. The molecule has 0 bridgehead atoms. The van der Waals surface area contributed by atoms with Crippen LogP contribution in [0.1, 0.15) is 41.9 Å². The monoisotopic (exact) mass is 350 g/mol. The summed E-state index contributed by atoms with van der Waals surface area (Å²) in [7, 11) is 0. The number of benzene rings is 3. The quantitative estimate of drug-likeness (QED) is 0.672. The van der Waals surface area contributed by atoms with Crippen molar-refractivity contribution < 1.29 is 4.79 Å². The van der Waals surface area contributed by atoms with Gasteiger partial charge in [-0.15, -0.1) is 0 Å². The first-order chi connectivity index (χ1) is 13.2. The van der Waals surface area contributed by atoms with Gasteiger partial charge in [0.15, 0.2) is 0 Å². The van der Waals surface area contributed by atoms with Crippen LogP contribution in [-0.2, 0) is 11.2 Å². The average Bonchev–Trinajstić information content (AvgIpc) is 2.73. The second-order valence-electron chi connectivity index (χ2n) is 7.68. The Hall–Kier alpha value is -2.93. The minimum Gasteiger partial charge on any atom is -0.299 e. The minimum atomic E-state index is -0.0222. The fourth-order valence-electron chi connectivity index (χ4n) is 4.74. The van der Waals surface area contributed by atoms with Gasteiger partial charge in [-0.25, -0.2) is 0 Å². The van der Waals surface area contributed by atoms with Crippen LogP contribution in [0, 0.1) is 0 Å². The fraction of sp³-hybridized carbons (Fsp3) is 0.192. The molecule has 5 rings (SSSR count). The van der Waals surface area contributed by atoms with Crippen molar-refractivity contribution in [1.82, 2.24) is 0 Å². The zero-order valence-corrected chi connectivity index (χ0v) is 15.5. The second kappa shape index (κ2) is 6.35. The highest BCUT2D eigenvalue weighted by Crippen LogP contribution is 2.34. The predicted octanol–water partition coefficient (Wildman–Crippen LogP) is 4.33. The molecule has 1 nitrogen and oxygen atoms in total. The maximum absolute atomic E-state index is 12.5. The number of rotatable bonds is 2. The van der Waals surface area contributed by atoms with Crippen LogP contribution in [0.4, 0.5) is 0 Å². The van der Waals surface area contributed by atoms with Gasteiger partial charge in [0.2, 0.25) is 0 Å². The van der Waals surface area contributed by atoms with E-state index in [1.165, 1.54) is 38.3 Å². The molecule has 3 aromatic rings. The summed E-state index contributed by atoms with van der Waals surface area (Å²) < 4.78 is 0. The number of Topliss-reactive ketones (excluding diaryl/α,β-unsaturated/α-hetero) is 1. The Bertz CT molecular complexity index is 1150. The van der Waals surface area contributed by atoms with Crippen LogP contribution >= 0.6 is 0 Å². The fourth-order valence-corrected chi connectivity index (χ4v) is 4.74. The van der Waals surface area contributed by atoms with Crippen molar-refractivity contribution in [2.45, 2.75) is 31.6 Å². The van der Waals surface area contributed by atoms with E-state index in [0.717, 1.165) is 12.8 Å². The maximum atomic E-state index is 12.5. The molecule has 0 aliphatic heterocycles. The van der Waals surface area contributed by atoms with Crippen molar-refractivity contribution in [3.8, 4) is 11.1 Å². The third kappa shape index (κ3) is 2.66.